The van der Waals surface area contributed by atoms with Crippen LogP contribution in [0.1, 0.15) is 24.8 Å². The van der Waals surface area contributed by atoms with Crippen molar-refractivity contribution in [3.05, 3.63) is 23.8 Å². The van der Waals surface area contributed by atoms with Gasteiger partial charge in [0.1, 0.15) is 0 Å². The largest absolute Gasteiger partial charge is 0.430 e. The number of nitrogens with one attached hydrogen (secondary N) is 2. The van der Waals surface area contributed by atoms with Gasteiger partial charge in [0.05, 0.1) is 11.4 Å². The van der Waals surface area contributed by atoms with Crippen LogP contribution >= 0.6 is 0 Å². The van der Waals surface area contributed by atoms with Crippen molar-refractivity contribution in [2.24, 2.45) is 0 Å². The van der Waals surface area contributed by atoms with E-state index in [1.54, 1.807) is 5.06 Å². The quantitative estimate of drug-likeness (QED) is 0.859. The van der Waals surface area contributed by atoms with E-state index < -0.39 is 6.09 Å². The fourth-order valence-corrected chi connectivity index (χ4v) is 2.65. The van der Waals surface area contributed by atoms with E-state index in [1.807, 2.05) is 12.1 Å². The Morgan fingerprint density at radius 3 is 2.95 bits per heavy atom. The molecule has 102 valence electrons. The first-order valence-corrected chi connectivity index (χ1v) is 6.92. The highest BCUT2D eigenvalue weighted by atomic mass is 16.7. The summed E-state index contributed by atoms with van der Waals surface area (Å²) >= 11 is 0. The molecular formula is C14H19N3O2. The Bertz CT molecular complexity index is 470. The Labute approximate surface area is 112 Å². The first kappa shape index (κ1) is 12.3. The van der Waals surface area contributed by atoms with Crippen LogP contribution in [0.2, 0.25) is 0 Å². The van der Waals surface area contributed by atoms with Crippen LogP contribution in [-0.2, 0) is 11.3 Å². The van der Waals surface area contributed by atoms with Gasteiger partial charge < -0.3 is 10.2 Å². The van der Waals surface area contributed by atoms with Crippen molar-refractivity contribution in [1.29, 1.82) is 0 Å². The first-order chi connectivity index (χ1) is 9.33. The van der Waals surface area contributed by atoms with Crippen molar-refractivity contribution >= 4 is 17.5 Å². The summed E-state index contributed by atoms with van der Waals surface area (Å²) < 4.78 is 0. The number of carbonyl (C=O) groups excluding carboxylic acids is 1. The summed E-state index contributed by atoms with van der Waals surface area (Å²) in [6.45, 7) is 2.59. The van der Waals surface area contributed by atoms with Gasteiger partial charge in [-0.3, -0.25) is 5.32 Å². The molecule has 0 aliphatic carbocycles. The molecule has 0 atom stereocenters. The molecule has 5 nitrogen and oxygen atoms in total. The van der Waals surface area contributed by atoms with Crippen LogP contribution in [0.15, 0.2) is 18.2 Å². The number of nitrogens with zero attached hydrogens (tertiary/aromatic N) is 1. The maximum absolute atomic E-state index is 11.9. The number of carbonyl (C=O) groups is 1. The monoisotopic (exact) mass is 261 g/mol. The molecule has 2 heterocycles. The second-order valence-electron chi connectivity index (χ2n) is 5.01. The van der Waals surface area contributed by atoms with Crippen molar-refractivity contribution in [1.82, 2.24) is 5.06 Å². The van der Waals surface area contributed by atoms with Gasteiger partial charge in [-0.15, -0.1) is 5.06 Å². The third-order valence-corrected chi connectivity index (χ3v) is 3.61. The Kier molecular flexibility index (Phi) is 3.55. The van der Waals surface area contributed by atoms with Gasteiger partial charge in [0.2, 0.25) is 0 Å². The van der Waals surface area contributed by atoms with Crippen molar-refractivity contribution in [2.75, 3.05) is 30.3 Å². The SMILES string of the molecule is O=C(Nc1cccc2c1NCC2)ON1CCCCC1. The third-order valence-electron chi connectivity index (χ3n) is 3.61. The van der Waals surface area contributed by atoms with E-state index in [2.05, 4.69) is 16.7 Å². The third kappa shape index (κ3) is 2.81. The maximum Gasteiger partial charge on any atom is 0.430 e. The summed E-state index contributed by atoms with van der Waals surface area (Å²) in [7, 11) is 0. The van der Waals surface area contributed by atoms with Gasteiger partial charge in [-0.25, -0.2) is 4.79 Å². The molecule has 5 heteroatoms. The minimum absolute atomic E-state index is 0.399. The second-order valence-corrected chi connectivity index (χ2v) is 5.01. The number of hydrogen-bond acceptors (Lipinski definition) is 4. The van der Waals surface area contributed by atoms with Crippen molar-refractivity contribution in [2.45, 2.75) is 25.7 Å². The predicted octanol–water partition coefficient (Wildman–Crippen LogP) is 2.60. The van der Waals surface area contributed by atoms with E-state index in [1.165, 1.54) is 12.0 Å². The molecule has 0 radical (unpaired) electrons. The second kappa shape index (κ2) is 5.48. The Morgan fingerprint density at radius 1 is 1.26 bits per heavy atom. The van der Waals surface area contributed by atoms with E-state index in [0.29, 0.717) is 0 Å². The van der Waals surface area contributed by atoms with Gasteiger partial charge in [-0.1, -0.05) is 18.6 Å². The van der Waals surface area contributed by atoms with Crippen LogP contribution in [-0.4, -0.2) is 30.8 Å². The highest BCUT2D eigenvalue weighted by Crippen LogP contribution is 2.30. The maximum atomic E-state index is 11.9. The van der Waals surface area contributed by atoms with Crippen LogP contribution < -0.4 is 10.6 Å². The first-order valence-electron chi connectivity index (χ1n) is 6.92. The zero-order valence-electron chi connectivity index (χ0n) is 10.9. The summed E-state index contributed by atoms with van der Waals surface area (Å²) in [5.74, 6) is 0. The molecule has 19 heavy (non-hydrogen) atoms. The van der Waals surface area contributed by atoms with E-state index in [4.69, 9.17) is 4.84 Å². The molecule has 1 aromatic carbocycles. The van der Waals surface area contributed by atoms with Crippen LogP contribution in [0.25, 0.3) is 0 Å². The summed E-state index contributed by atoms with van der Waals surface area (Å²) in [5.41, 5.74) is 3.07. The molecular weight excluding hydrogens is 242 g/mol. The fourth-order valence-electron chi connectivity index (χ4n) is 2.65. The molecule has 3 rings (SSSR count). The average molecular weight is 261 g/mol. The zero-order chi connectivity index (χ0) is 13.1. The van der Waals surface area contributed by atoms with E-state index in [9.17, 15) is 4.79 Å². The summed E-state index contributed by atoms with van der Waals surface area (Å²) in [6, 6.07) is 5.94. The lowest BCUT2D eigenvalue weighted by molar-refractivity contribution is -0.105. The Morgan fingerprint density at radius 2 is 2.11 bits per heavy atom. The lowest BCUT2D eigenvalue weighted by Crippen LogP contribution is -2.34. The molecule has 2 aliphatic heterocycles. The summed E-state index contributed by atoms with van der Waals surface area (Å²) in [4.78, 5) is 17.2. The number of hydrogen-bond donors (Lipinski definition) is 2. The van der Waals surface area contributed by atoms with Gasteiger partial charge in [-0.2, -0.15) is 0 Å². The van der Waals surface area contributed by atoms with E-state index >= 15 is 0 Å². The van der Waals surface area contributed by atoms with E-state index in [-0.39, 0.29) is 0 Å². The number of rotatable bonds is 2. The van der Waals surface area contributed by atoms with Gasteiger partial charge >= 0.3 is 6.09 Å². The number of fused-ring (bicyclic) bond motifs is 1. The average Bonchev–Trinajstić information content (AvgIpc) is 2.89. The number of amides is 1. The van der Waals surface area contributed by atoms with Crippen LogP contribution in [0.3, 0.4) is 0 Å². The lowest BCUT2D eigenvalue weighted by atomic mass is 10.1. The number of anilines is 2. The van der Waals surface area contributed by atoms with Crippen LogP contribution in [0.4, 0.5) is 16.2 Å². The molecule has 2 N–H and O–H groups in total. The van der Waals surface area contributed by atoms with Gasteiger partial charge in [0.15, 0.2) is 0 Å². The topological polar surface area (TPSA) is 53.6 Å². The normalized spacial score (nSPS) is 18.5. The minimum Gasteiger partial charge on any atom is -0.383 e. The van der Waals surface area contributed by atoms with Gasteiger partial charge in [0.25, 0.3) is 0 Å². The molecule has 0 saturated carbocycles. The highest BCUT2D eigenvalue weighted by Gasteiger charge is 2.18. The summed E-state index contributed by atoms with van der Waals surface area (Å²) in [5, 5.41) is 7.86. The number of hydroxylamine groups is 2. The highest BCUT2D eigenvalue weighted by molar-refractivity contribution is 5.90. The molecule has 0 spiro atoms. The van der Waals surface area contributed by atoms with Crippen molar-refractivity contribution < 1.29 is 9.63 Å². The predicted molar refractivity (Wildman–Crippen MR) is 74.2 cm³/mol. The minimum atomic E-state index is -0.399. The van der Waals surface area contributed by atoms with Gasteiger partial charge in [-0.05, 0) is 30.9 Å². The Hall–Kier alpha value is -1.75. The number of benzene rings is 1. The van der Waals surface area contributed by atoms with Crippen molar-refractivity contribution in [3.8, 4) is 0 Å². The zero-order valence-corrected chi connectivity index (χ0v) is 10.9. The Balaban J connectivity index is 1.61. The molecule has 1 amide bonds. The van der Waals surface area contributed by atoms with Gasteiger partial charge in [0, 0.05) is 19.6 Å². The number of piperidine rings is 1. The van der Waals surface area contributed by atoms with Crippen LogP contribution in [0, 0.1) is 0 Å². The number of para-hydroxylation sites is 1. The molecule has 0 aromatic heterocycles. The molecule has 1 fully saturated rings. The smallest absolute Gasteiger partial charge is 0.383 e. The molecule has 0 bridgehead atoms. The molecule has 1 saturated heterocycles. The fraction of sp³-hybridized carbons (Fsp3) is 0.500. The lowest BCUT2D eigenvalue weighted by Gasteiger charge is -2.24. The van der Waals surface area contributed by atoms with Crippen molar-refractivity contribution in [3.63, 3.8) is 0 Å². The standard InChI is InChI=1S/C14H19N3O2/c18-14(19-17-9-2-1-3-10-17)16-12-6-4-5-11-7-8-15-13(11)12/h4-6,15H,1-3,7-10H2,(H,16,18). The molecule has 2 aliphatic rings. The summed E-state index contributed by atoms with van der Waals surface area (Å²) in [6.07, 6.45) is 4.01. The van der Waals surface area contributed by atoms with E-state index in [0.717, 1.165) is 50.3 Å². The van der Waals surface area contributed by atoms with Crippen LogP contribution in [0.5, 0.6) is 0 Å². The molecule has 1 aromatic rings. The molecule has 0 unspecified atom stereocenters.